The minimum absolute atomic E-state index is 0.0660. The normalized spacial score (nSPS) is 13.6. The number of hydrogen-bond donors (Lipinski definition) is 1. The van der Waals surface area contributed by atoms with E-state index in [-0.39, 0.29) is 5.91 Å². The lowest BCUT2D eigenvalue weighted by atomic mass is 10.2. The third-order valence-corrected chi connectivity index (χ3v) is 4.80. The van der Waals surface area contributed by atoms with Crippen LogP contribution < -0.4 is 10.2 Å². The van der Waals surface area contributed by atoms with E-state index in [0.29, 0.717) is 24.3 Å². The molecule has 1 aromatic carbocycles. The molecule has 0 bridgehead atoms. The van der Waals surface area contributed by atoms with Gasteiger partial charge < -0.3 is 15.1 Å². The molecule has 29 heavy (non-hydrogen) atoms. The number of nitrogens with one attached hydrogen (secondary N) is 1. The summed E-state index contributed by atoms with van der Waals surface area (Å²) in [6.45, 7) is 2.77. The number of anilines is 3. The maximum Gasteiger partial charge on any atom is 0.272 e. The topological polar surface area (TPSA) is 85.2 Å². The molecule has 1 fully saturated rings. The number of nitriles is 1. The number of rotatable bonds is 4. The SMILES string of the molecule is N#Cc1cccc(Nc2ccc(C(=O)N3CCN(c4ccccn4)CC3)nc2)c1. The minimum atomic E-state index is -0.0660. The van der Waals surface area contributed by atoms with Gasteiger partial charge in [-0.3, -0.25) is 4.79 Å². The molecule has 1 aliphatic heterocycles. The smallest absolute Gasteiger partial charge is 0.272 e. The van der Waals surface area contributed by atoms with Gasteiger partial charge in [0.25, 0.3) is 5.91 Å². The van der Waals surface area contributed by atoms with Crippen LogP contribution in [0.5, 0.6) is 0 Å². The van der Waals surface area contributed by atoms with E-state index in [1.54, 1.807) is 30.6 Å². The van der Waals surface area contributed by atoms with Gasteiger partial charge in [-0.25, -0.2) is 9.97 Å². The Hall–Kier alpha value is -3.92. The summed E-state index contributed by atoms with van der Waals surface area (Å²) in [4.78, 5) is 25.5. The first kappa shape index (κ1) is 18.4. The monoisotopic (exact) mass is 384 g/mol. The summed E-state index contributed by atoms with van der Waals surface area (Å²) in [5.41, 5.74) is 2.57. The third kappa shape index (κ3) is 4.33. The molecule has 3 aromatic rings. The molecule has 0 radical (unpaired) electrons. The van der Waals surface area contributed by atoms with Crippen LogP contribution >= 0.6 is 0 Å². The lowest BCUT2D eigenvalue weighted by Gasteiger charge is -2.35. The Morgan fingerprint density at radius 3 is 2.52 bits per heavy atom. The van der Waals surface area contributed by atoms with Gasteiger partial charge in [0.05, 0.1) is 23.5 Å². The van der Waals surface area contributed by atoms with Crippen LogP contribution in [0, 0.1) is 11.3 Å². The van der Waals surface area contributed by atoms with Crippen molar-refractivity contribution in [2.24, 2.45) is 0 Å². The van der Waals surface area contributed by atoms with E-state index in [2.05, 4.69) is 26.3 Å². The van der Waals surface area contributed by atoms with Crippen molar-refractivity contribution in [1.29, 1.82) is 5.26 Å². The molecule has 1 amide bonds. The predicted molar refractivity (Wildman–Crippen MR) is 111 cm³/mol. The molecular weight excluding hydrogens is 364 g/mol. The Morgan fingerprint density at radius 1 is 0.966 bits per heavy atom. The van der Waals surface area contributed by atoms with Gasteiger partial charge in [0.2, 0.25) is 0 Å². The van der Waals surface area contributed by atoms with Gasteiger partial charge >= 0.3 is 0 Å². The van der Waals surface area contributed by atoms with E-state index >= 15 is 0 Å². The van der Waals surface area contributed by atoms with Crippen LogP contribution in [0.4, 0.5) is 17.2 Å². The fourth-order valence-electron chi connectivity index (χ4n) is 3.27. The Balaban J connectivity index is 1.36. The third-order valence-electron chi connectivity index (χ3n) is 4.80. The number of nitrogens with zero attached hydrogens (tertiary/aromatic N) is 5. The van der Waals surface area contributed by atoms with E-state index in [1.807, 2.05) is 41.3 Å². The van der Waals surface area contributed by atoms with Gasteiger partial charge in [-0.1, -0.05) is 12.1 Å². The van der Waals surface area contributed by atoms with Crippen molar-refractivity contribution in [3.63, 3.8) is 0 Å². The molecule has 1 N–H and O–H groups in total. The van der Waals surface area contributed by atoms with E-state index in [1.165, 1.54) is 0 Å². The molecule has 0 atom stereocenters. The van der Waals surface area contributed by atoms with Gasteiger partial charge in [-0.2, -0.15) is 5.26 Å². The van der Waals surface area contributed by atoms with Gasteiger partial charge in [-0.15, -0.1) is 0 Å². The van der Waals surface area contributed by atoms with E-state index in [9.17, 15) is 4.79 Å². The lowest BCUT2D eigenvalue weighted by Crippen LogP contribution is -2.49. The molecule has 1 saturated heterocycles. The number of benzene rings is 1. The van der Waals surface area contributed by atoms with Gasteiger partial charge in [0.1, 0.15) is 11.5 Å². The van der Waals surface area contributed by atoms with E-state index < -0.39 is 0 Å². The lowest BCUT2D eigenvalue weighted by molar-refractivity contribution is 0.0740. The second-order valence-corrected chi connectivity index (χ2v) is 6.72. The number of carbonyl (C=O) groups is 1. The van der Waals surface area contributed by atoms with Gasteiger partial charge in [0, 0.05) is 38.1 Å². The summed E-state index contributed by atoms with van der Waals surface area (Å²) < 4.78 is 0. The zero-order valence-corrected chi connectivity index (χ0v) is 15.8. The molecule has 1 aliphatic rings. The highest BCUT2D eigenvalue weighted by Gasteiger charge is 2.23. The summed E-state index contributed by atoms with van der Waals surface area (Å²) in [6, 6.07) is 18.7. The fourth-order valence-corrected chi connectivity index (χ4v) is 3.27. The number of aromatic nitrogens is 2. The van der Waals surface area contributed by atoms with Crippen LogP contribution in [-0.4, -0.2) is 47.0 Å². The quantitative estimate of drug-likeness (QED) is 0.744. The van der Waals surface area contributed by atoms with Crippen LogP contribution in [0.3, 0.4) is 0 Å². The van der Waals surface area contributed by atoms with E-state index in [0.717, 1.165) is 30.3 Å². The van der Waals surface area contributed by atoms with Gasteiger partial charge in [-0.05, 0) is 42.5 Å². The second-order valence-electron chi connectivity index (χ2n) is 6.72. The van der Waals surface area contributed by atoms with Gasteiger partial charge in [0.15, 0.2) is 0 Å². The van der Waals surface area contributed by atoms with Crippen molar-refractivity contribution < 1.29 is 4.79 Å². The highest BCUT2D eigenvalue weighted by atomic mass is 16.2. The first-order valence-corrected chi connectivity index (χ1v) is 9.41. The average Bonchev–Trinajstić information content (AvgIpc) is 2.80. The Morgan fingerprint density at radius 2 is 1.83 bits per heavy atom. The Bertz CT molecular complexity index is 1020. The first-order valence-electron chi connectivity index (χ1n) is 9.41. The van der Waals surface area contributed by atoms with Crippen LogP contribution in [0.15, 0.2) is 67.0 Å². The summed E-state index contributed by atoms with van der Waals surface area (Å²) in [7, 11) is 0. The minimum Gasteiger partial charge on any atom is -0.354 e. The first-order chi connectivity index (χ1) is 14.2. The highest BCUT2D eigenvalue weighted by Crippen LogP contribution is 2.18. The van der Waals surface area contributed by atoms with Crippen molar-refractivity contribution in [2.45, 2.75) is 0 Å². The molecular formula is C22H20N6O. The maximum atomic E-state index is 12.8. The zero-order valence-electron chi connectivity index (χ0n) is 15.8. The molecule has 0 spiro atoms. The molecule has 3 heterocycles. The number of hydrogen-bond acceptors (Lipinski definition) is 6. The molecule has 0 saturated carbocycles. The summed E-state index contributed by atoms with van der Waals surface area (Å²) >= 11 is 0. The van der Waals surface area contributed by atoms with Crippen LogP contribution in [0.2, 0.25) is 0 Å². The molecule has 2 aromatic heterocycles. The second kappa shape index (κ2) is 8.40. The highest BCUT2D eigenvalue weighted by molar-refractivity contribution is 5.92. The molecule has 0 aliphatic carbocycles. The number of pyridine rings is 2. The molecule has 7 heteroatoms. The number of amides is 1. The van der Waals surface area contributed by atoms with Crippen molar-refractivity contribution in [1.82, 2.24) is 14.9 Å². The number of carbonyl (C=O) groups excluding carboxylic acids is 1. The average molecular weight is 384 g/mol. The van der Waals surface area contributed by atoms with Crippen molar-refractivity contribution in [2.75, 3.05) is 36.4 Å². The van der Waals surface area contributed by atoms with Crippen molar-refractivity contribution in [3.05, 3.63) is 78.2 Å². The predicted octanol–water partition coefficient (Wildman–Crippen LogP) is 3.05. The Labute approximate surface area is 169 Å². The van der Waals surface area contributed by atoms with Crippen LogP contribution in [-0.2, 0) is 0 Å². The van der Waals surface area contributed by atoms with Crippen molar-refractivity contribution >= 4 is 23.1 Å². The summed E-state index contributed by atoms with van der Waals surface area (Å²) in [6.07, 6.45) is 3.42. The van der Waals surface area contributed by atoms with Crippen LogP contribution in [0.1, 0.15) is 16.1 Å². The molecule has 144 valence electrons. The van der Waals surface area contributed by atoms with E-state index in [4.69, 9.17) is 5.26 Å². The largest absolute Gasteiger partial charge is 0.354 e. The summed E-state index contributed by atoms with van der Waals surface area (Å²) in [5, 5.41) is 12.2. The maximum absolute atomic E-state index is 12.8. The standard InChI is InChI=1S/C22H20N6O/c23-15-17-4-3-5-18(14-17)26-19-7-8-20(25-16-19)22(29)28-12-10-27(11-13-28)21-6-1-2-9-24-21/h1-9,14,16,26H,10-13H2. The molecule has 7 nitrogen and oxygen atoms in total. The molecule has 4 rings (SSSR count). The van der Waals surface area contributed by atoms with Crippen molar-refractivity contribution in [3.8, 4) is 6.07 Å². The molecule has 0 unspecified atom stereocenters. The Kier molecular flexibility index (Phi) is 5.34. The van der Waals surface area contributed by atoms with Crippen LogP contribution in [0.25, 0.3) is 0 Å². The fraction of sp³-hybridized carbons (Fsp3) is 0.182. The number of piperazine rings is 1. The zero-order chi connectivity index (χ0) is 20.1. The summed E-state index contributed by atoms with van der Waals surface area (Å²) in [5.74, 6) is 0.873.